The predicted molar refractivity (Wildman–Crippen MR) is 107 cm³/mol. The standard InChI is InChI=1S/C20H22N4O2S/c1-14-6-3-4-8-18(14)21-10-11-22-19(25)17-7-5-9-23-20(17)27-13-16-12-15(2)26-24-16/h3-9,12,21H,10-11,13H2,1-2H3,(H,22,25). The van der Waals surface area contributed by atoms with Crippen LogP contribution in [0.25, 0.3) is 0 Å². The molecule has 0 atom stereocenters. The van der Waals surface area contributed by atoms with Gasteiger partial charge in [-0.15, -0.1) is 0 Å². The molecule has 2 heterocycles. The van der Waals surface area contributed by atoms with Crippen LogP contribution in [0.2, 0.25) is 0 Å². The Morgan fingerprint density at radius 3 is 2.78 bits per heavy atom. The number of carbonyl (C=O) groups excluding carboxylic acids is 1. The summed E-state index contributed by atoms with van der Waals surface area (Å²) in [6.45, 7) is 5.08. The fraction of sp³-hybridized carbons (Fsp3) is 0.250. The summed E-state index contributed by atoms with van der Waals surface area (Å²) in [6.07, 6.45) is 1.69. The SMILES string of the molecule is Cc1cc(CSc2ncccc2C(=O)NCCNc2ccccc2C)no1. The Kier molecular flexibility index (Phi) is 6.49. The fourth-order valence-corrected chi connectivity index (χ4v) is 3.42. The number of aryl methyl sites for hydroxylation is 2. The lowest BCUT2D eigenvalue weighted by Gasteiger charge is -2.11. The van der Waals surface area contributed by atoms with E-state index in [4.69, 9.17) is 4.52 Å². The van der Waals surface area contributed by atoms with Crippen LogP contribution >= 0.6 is 11.8 Å². The van der Waals surface area contributed by atoms with Crippen LogP contribution in [0.3, 0.4) is 0 Å². The molecule has 0 aliphatic carbocycles. The van der Waals surface area contributed by atoms with E-state index in [0.29, 0.717) is 29.4 Å². The van der Waals surface area contributed by atoms with Crippen LogP contribution < -0.4 is 10.6 Å². The molecule has 0 saturated carbocycles. The molecule has 140 valence electrons. The first kappa shape index (κ1) is 19.0. The number of hydrogen-bond acceptors (Lipinski definition) is 6. The van der Waals surface area contributed by atoms with Crippen molar-refractivity contribution in [2.75, 3.05) is 18.4 Å². The monoisotopic (exact) mass is 382 g/mol. The van der Waals surface area contributed by atoms with Gasteiger partial charge in [-0.3, -0.25) is 4.79 Å². The van der Waals surface area contributed by atoms with Gasteiger partial charge in [0, 0.05) is 36.8 Å². The van der Waals surface area contributed by atoms with Gasteiger partial charge in [-0.2, -0.15) is 0 Å². The van der Waals surface area contributed by atoms with E-state index in [1.165, 1.54) is 17.3 Å². The third-order valence-corrected chi connectivity index (χ3v) is 4.96. The van der Waals surface area contributed by atoms with Crippen molar-refractivity contribution in [3.8, 4) is 0 Å². The molecule has 3 aromatic rings. The van der Waals surface area contributed by atoms with E-state index in [9.17, 15) is 4.79 Å². The molecule has 0 unspecified atom stereocenters. The van der Waals surface area contributed by atoms with E-state index < -0.39 is 0 Å². The average Bonchev–Trinajstić information content (AvgIpc) is 3.10. The molecule has 27 heavy (non-hydrogen) atoms. The second kappa shape index (κ2) is 9.23. The molecule has 2 N–H and O–H groups in total. The van der Waals surface area contributed by atoms with Crippen LogP contribution in [0.1, 0.15) is 27.4 Å². The summed E-state index contributed by atoms with van der Waals surface area (Å²) in [4.78, 5) is 16.9. The maximum Gasteiger partial charge on any atom is 0.254 e. The third-order valence-electron chi connectivity index (χ3n) is 3.92. The number of nitrogens with one attached hydrogen (secondary N) is 2. The molecule has 0 aliphatic heterocycles. The van der Waals surface area contributed by atoms with Crippen molar-refractivity contribution in [3.05, 3.63) is 71.2 Å². The van der Waals surface area contributed by atoms with Gasteiger partial charge in [-0.1, -0.05) is 35.1 Å². The zero-order valence-electron chi connectivity index (χ0n) is 15.4. The van der Waals surface area contributed by atoms with Crippen LogP contribution in [-0.4, -0.2) is 29.1 Å². The maximum atomic E-state index is 12.5. The minimum absolute atomic E-state index is 0.131. The highest BCUT2D eigenvalue weighted by Gasteiger charge is 2.13. The van der Waals surface area contributed by atoms with Gasteiger partial charge < -0.3 is 15.2 Å². The number of aromatic nitrogens is 2. The molecule has 0 aliphatic rings. The van der Waals surface area contributed by atoms with Gasteiger partial charge in [0.05, 0.1) is 11.3 Å². The lowest BCUT2D eigenvalue weighted by molar-refractivity contribution is 0.0951. The number of amides is 1. The Balaban J connectivity index is 1.52. The number of carbonyl (C=O) groups is 1. The minimum Gasteiger partial charge on any atom is -0.383 e. The third kappa shape index (κ3) is 5.34. The fourth-order valence-electron chi connectivity index (χ4n) is 2.55. The van der Waals surface area contributed by atoms with Crippen molar-refractivity contribution in [1.82, 2.24) is 15.5 Å². The van der Waals surface area contributed by atoms with Crippen molar-refractivity contribution < 1.29 is 9.32 Å². The molecule has 6 nitrogen and oxygen atoms in total. The van der Waals surface area contributed by atoms with E-state index in [-0.39, 0.29) is 5.91 Å². The molecular weight excluding hydrogens is 360 g/mol. The zero-order chi connectivity index (χ0) is 19.1. The quantitative estimate of drug-likeness (QED) is 0.455. The molecule has 1 amide bonds. The molecule has 0 radical (unpaired) electrons. The lowest BCUT2D eigenvalue weighted by Crippen LogP contribution is -2.29. The Bertz CT molecular complexity index is 910. The van der Waals surface area contributed by atoms with Crippen molar-refractivity contribution in [3.63, 3.8) is 0 Å². The first-order valence-electron chi connectivity index (χ1n) is 8.71. The van der Waals surface area contributed by atoms with Gasteiger partial charge in [-0.25, -0.2) is 4.98 Å². The second-order valence-electron chi connectivity index (χ2n) is 6.07. The molecule has 1 aromatic carbocycles. The molecule has 0 saturated heterocycles. The number of rotatable bonds is 8. The summed E-state index contributed by atoms with van der Waals surface area (Å²) < 4.78 is 5.07. The normalized spacial score (nSPS) is 10.6. The molecule has 7 heteroatoms. The smallest absolute Gasteiger partial charge is 0.254 e. The molecule has 0 bridgehead atoms. The molecule has 0 fully saturated rings. The van der Waals surface area contributed by atoms with Crippen LogP contribution in [0.5, 0.6) is 0 Å². The molecule has 2 aromatic heterocycles. The van der Waals surface area contributed by atoms with Gasteiger partial charge >= 0.3 is 0 Å². The average molecular weight is 382 g/mol. The molecule has 3 rings (SSSR count). The van der Waals surface area contributed by atoms with E-state index in [1.807, 2.05) is 31.2 Å². The summed E-state index contributed by atoms with van der Waals surface area (Å²) in [5.41, 5.74) is 3.65. The lowest BCUT2D eigenvalue weighted by atomic mass is 10.2. The Morgan fingerprint density at radius 2 is 2.00 bits per heavy atom. The number of para-hydroxylation sites is 1. The highest BCUT2D eigenvalue weighted by molar-refractivity contribution is 7.98. The van der Waals surface area contributed by atoms with E-state index in [2.05, 4.69) is 33.8 Å². The summed E-state index contributed by atoms with van der Waals surface area (Å²) in [5, 5.41) is 10.9. The predicted octanol–water partition coefficient (Wildman–Crippen LogP) is 3.82. The van der Waals surface area contributed by atoms with Gasteiger partial charge in [0.25, 0.3) is 5.91 Å². The van der Waals surface area contributed by atoms with Crippen molar-refractivity contribution in [1.29, 1.82) is 0 Å². The Labute approximate surface area is 162 Å². The minimum atomic E-state index is -0.131. The van der Waals surface area contributed by atoms with E-state index >= 15 is 0 Å². The highest BCUT2D eigenvalue weighted by Crippen LogP contribution is 2.24. The number of nitrogens with zero attached hydrogens (tertiary/aromatic N) is 2. The van der Waals surface area contributed by atoms with Crippen molar-refractivity contribution in [2.24, 2.45) is 0 Å². The second-order valence-corrected chi connectivity index (χ2v) is 7.04. The van der Waals surface area contributed by atoms with Crippen molar-refractivity contribution in [2.45, 2.75) is 24.6 Å². The first-order valence-corrected chi connectivity index (χ1v) is 9.70. The zero-order valence-corrected chi connectivity index (χ0v) is 16.2. The number of hydrogen-bond donors (Lipinski definition) is 2. The van der Waals surface area contributed by atoms with Crippen LogP contribution in [-0.2, 0) is 5.75 Å². The van der Waals surface area contributed by atoms with Gasteiger partial charge in [0.15, 0.2) is 0 Å². The maximum absolute atomic E-state index is 12.5. The van der Waals surface area contributed by atoms with Crippen LogP contribution in [0, 0.1) is 13.8 Å². The van der Waals surface area contributed by atoms with Crippen LogP contribution in [0.15, 0.2) is 58.2 Å². The summed E-state index contributed by atoms with van der Waals surface area (Å²) in [6, 6.07) is 13.5. The number of pyridine rings is 1. The van der Waals surface area contributed by atoms with Gasteiger partial charge in [-0.05, 0) is 37.6 Å². The van der Waals surface area contributed by atoms with Gasteiger partial charge in [0.1, 0.15) is 10.8 Å². The molecular formula is C20H22N4O2S. The number of benzene rings is 1. The van der Waals surface area contributed by atoms with Gasteiger partial charge in [0.2, 0.25) is 0 Å². The topological polar surface area (TPSA) is 80.0 Å². The van der Waals surface area contributed by atoms with Crippen LogP contribution in [0.4, 0.5) is 5.69 Å². The first-order chi connectivity index (χ1) is 13.1. The van der Waals surface area contributed by atoms with Crippen molar-refractivity contribution >= 4 is 23.4 Å². The highest BCUT2D eigenvalue weighted by atomic mass is 32.2. The summed E-state index contributed by atoms with van der Waals surface area (Å²) in [7, 11) is 0. The number of thioether (sulfide) groups is 1. The number of anilines is 1. The van der Waals surface area contributed by atoms with E-state index in [0.717, 1.165) is 17.1 Å². The summed E-state index contributed by atoms with van der Waals surface area (Å²) in [5.74, 6) is 1.24. The Hall–Kier alpha value is -2.80. The largest absolute Gasteiger partial charge is 0.383 e. The van der Waals surface area contributed by atoms with E-state index in [1.54, 1.807) is 18.3 Å². The summed E-state index contributed by atoms with van der Waals surface area (Å²) >= 11 is 1.47. The molecule has 0 spiro atoms. The Morgan fingerprint density at radius 1 is 1.15 bits per heavy atom.